The molecule has 0 aliphatic carbocycles. The predicted molar refractivity (Wildman–Crippen MR) is 149 cm³/mol. The number of hydrogen-bond donors (Lipinski definition) is 6. The topological polar surface area (TPSA) is 256 Å². The molecule has 3 aromatic carbocycles. The lowest BCUT2D eigenvalue weighted by molar-refractivity contribution is 0.0681. The molecule has 0 amide bonds. The molecule has 0 bridgehead atoms. The van der Waals surface area contributed by atoms with Gasteiger partial charge < -0.3 is 33.1 Å². The van der Waals surface area contributed by atoms with Crippen LogP contribution in [-0.2, 0) is 0 Å². The minimum atomic E-state index is -1.06. The van der Waals surface area contributed by atoms with Gasteiger partial charge in [-0.05, 0) is 24.3 Å². The van der Waals surface area contributed by atoms with Gasteiger partial charge in [0.25, 0.3) is 0 Å². The van der Waals surface area contributed by atoms with Crippen LogP contribution >= 0.6 is 0 Å². The summed E-state index contributed by atoms with van der Waals surface area (Å²) in [6.07, 6.45) is 0. The summed E-state index contributed by atoms with van der Waals surface area (Å²) < 4.78 is 0. The summed E-state index contributed by atoms with van der Waals surface area (Å²) in [6.45, 7) is 0. The average molecular weight is 541 g/mol. The molecule has 2 aromatic heterocycles. The fraction of sp³-hybridized carbons (Fsp3) is 0. The van der Waals surface area contributed by atoms with Crippen molar-refractivity contribution in [1.82, 2.24) is 29.9 Å². The van der Waals surface area contributed by atoms with Crippen molar-refractivity contribution >= 4 is 35.7 Å². The van der Waals surface area contributed by atoms with Gasteiger partial charge in [0.05, 0.1) is 11.1 Å². The second-order valence-electron chi connectivity index (χ2n) is 7.67. The zero-order valence-electron chi connectivity index (χ0n) is 20.8. The number of aromatic carboxylic acids is 2. The lowest BCUT2D eigenvalue weighted by Crippen LogP contribution is -2.04. The van der Waals surface area contributed by atoms with Gasteiger partial charge in [0.2, 0.25) is 23.8 Å². The number of carboxylic acid groups (broad SMARTS) is 2. The van der Waals surface area contributed by atoms with Crippen LogP contribution in [0.2, 0.25) is 0 Å². The molecule has 0 fully saturated rings. The van der Waals surface area contributed by atoms with Crippen LogP contribution in [-0.4, -0.2) is 52.1 Å². The number of nitrogen functional groups attached to an aromatic ring is 4. The quantitative estimate of drug-likeness (QED) is 0.191. The molecule has 0 saturated heterocycles. The first-order valence-corrected chi connectivity index (χ1v) is 11.3. The average Bonchev–Trinajstić information content (AvgIpc) is 2.94. The van der Waals surface area contributed by atoms with Gasteiger partial charge in [0, 0.05) is 11.1 Å². The molecule has 10 N–H and O–H groups in total. The molecule has 0 aliphatic rings. The van der Waals surface area contributed by atoms with Gasteiger partial charge in [0.15, 0.2) is 11.6 Å². The van der Waals surface area contributed by atoms with Gasteiger partial charge in [-0.25, -0.2) is 9.59 Å². The third kappa shape index (κ3) is 8.45. The van der Waals surface area contributed by atoms with Crippen LogP contribution in [0, 0.1) is 0 Å². The van der Waals surface area contributed by atoms with E-state index in [-0.39, 0.29) is 34.9 Å². The zero-order chi connectivity index (χ0) is 29.1. The Kier molecular flexibility index (Phi) is 9.50. The predicted octanol–water partition coefficient (Wildman–Crippen LogP) is 2.49. The number of carbonyl (C=O) groups is 2. The second kappa shape index (κ2) is 13.4. The van der Waals surface area contributed by atoms with Gasteiger partial charge in [-0.15, -0.1) is 0 Å². The fourth-order valence-corrected chi connectivity index (χ4v) is 3.01. The van der Waals surface area contributed by atoms with Gasteiger partial charge in [0.1, 0.15) is 0 Å². The van der Waals surface area contributed by atoms with E-state index >= 15 is 0 Å². The molecule has 0 spiro atoms. The number of rotatable bonds is 4. The van der Waals surface area contributed by atoms with Crippen LogP contribution in [0.5, 0.6) is 0 Å². The molecular formula is C26H24N10O4. The lowest BCUT2D eigenvalue weighted by atomic mass is 10.1. The van der Waals surface area contributed by atoms with Crippen molar-refractivity contribution in [3.05, 3.63) is 96.1 Å². The normalized spacial score (nSPS) is 9.80. The third-order valence-corrected chi connectivity index (χ3v) is 4.78. The van der Waals surface area contributed by atoms with Crippen molar-refractivity contribution in [2.75, 3.05) is 22.9 Å². The van der Waals surface area contributed by atoms with E-state index in [0.717, 1.165) is 11.1 Å². The van der Waals surface area contributed by atoms with Crippen molar-refractivity contribution in [3.63, 3.8) is 0 Å². The van der Waals surface area contributed by atoms with E-state index in [0.29, 0.717) is 11.6 Å². The summed E-state index contributed by atoms with van der Waals surface area (Å²) >= 11 is 0. The number of hydrogen-bond acceptors (Lipinski definition) is 12. The van der Waals surface area contributed by atoms with Gasteiger partial charge in [-0.1, -0.05) is 60.7 Å². The first-order valence-electron chi connectivity index (χ1n) is 11.3. The van der Waals surface area contributed by atoms with E-state index in [2.05, 4.69) is 29.9 Å². The largest absolute Gasteiger partial charge is 0.478 e. The molecule has 5 aromatic rings. The molecule has 0 unspecified atom stereocenters. The highest BCUT2D eigenvalue weighted by atomic mass is 16.4. The summed E-state index contributed by atoms with van der Waals surface area (Å²) in [6, 6.07) is 24.0. The van der Waals surface area contributed by atoms with Crippen LogP contribution in [0.4, 0.5) is 23.8 Å². The highest BCUT2D eigenvalue weighted by Gasteiger charge is 2.06. The van der Waals surface area contributed by atoms with Crippen LogP contribution in [0.3, 0.4) is 0 Å². The Hall–Kier alpha value is -6.18. The van der Waals surface area contributed by atoms with Crippen LogP contribution in [0.1, 0.15) is 20.7 Å². The number of nitrogens with zero attached hydrogens (tertiary/aromatic N) is 6. The minimum Gasteiger partial charge on any atom is -0.478 e. The van der Waals surface area contributed by atoms with Crippen LogP contribution in [0.15, 0.2) is 84.9 Å². The van der Waals surface area contributed by atoms with Crippen molar-refractivity contribution in [2.24, 2.45) is 0 Å². The zero-order valence-corrected chi connectivity index (χ0v) is 20.8. The summed E-state index contributed by atoms with van der Waals surface area (Å²) in [7, 11) is 0. The van der Waals surface area contributed by atoms with Gasteiger partial charge >= 0.3 is 11.9 Å². The van der Waals surface area contributed by atoms with Crippen LogP contribution in [0.25, 0.3) is 22.8 Å². The van der Waals surface area contributed by atoms with E-state index in [1.165, 1.54) is 24.3 Å². The molecule has 202 valence electrons. The van der Waals surface area contributed by atoms with E-state index in [1.807, 2.05) is 60.7 Å². The molecule has 14 heteroatoms. The van der Waals surface area contributed by atoms with E-state index in [1.54, 1.807) is 0 Å². The smallest absolute Gasteiger partial charge is 0.335 e. The Balaban J connectivity index is 0.000000166. The third-order valence-electron chi connectivity index (χ3n) is 4.78. The Morgan fingerprint density at radius 1 is 0.450 bits per heavy atom. The maximum atomic E-state index is 10.3. The highest BCUT2D eigenvalue weighted by molar-refractivity contribution is 5.91. The Morgan fingerprint density at radius 2 is 0.725 bits per heavy atom. The Bertz CT molecular complexity index is 1420. The summed E-state index contributed by atoms with van der Waals surface area (Å²) in [4.78, 5) is 44.0. The molecule has 0 radical (unpaired) electrons. The standard InChI is InChI=1S/2C9H9N5.C8H6O4/c2*10-8-12-7(13-9(11)14-8)6-4-2-1-3-5-6;9-7(10)5-1-2-6(4-3-5)8(11)12/h2*1-5H,(H4,10,11,12,13,14);1-4H,(H,9,10)(H,11,12). The fourth-order valence-electron chi connectivity index (χ4n) is 3.01. The minimum absolute atomic E-state index is 0.0833. The number of aromatic nitrogens is 6. The number of anilines is 4. The maximum absolute atomic E-state index is 10.3. The lowest BCUT2D eigenvalue weighted by Gasteiger charge is -2.00. The monoisotopic (exact) mass is 540 g/mol. The first-order chi connectivity index (χ1) is 19.1. The number of carboxylic acids is 2. The molecule has 2 heterocycles. The summed E-state index contributed by atoms with van der Waals surface area (Å²) in [5, 5.41) is 16.9. The SMILES string of the molecule is Nc1nc(N)nc(-c2ccccc2)n1.Nc1nc(N)nc(-c2ccccc2)n1.O=C(O)c1ccc(C(=O)O)cc1. The molecular weight excluding hydrogens is 516 g/mol. The maximum Gasteiger partial charge on any atom is 0.335 e. The molecule has 14 nitrogen and oxygen atoms in total. The van der Waals surface area contributed by atoms with Crippen molar-refractivity contribution in [3.8, 4) is 22.8 Å². The van der Waals surface area contributed by atoms with Crippen molar-refractivity contribution in [2.45, 2.75) is 0 Å². The summed E-state index contributed by atoms with van der Waals surface area (Å²) in [5.41, 5.74) is 23.7. The molecule has 0 aliphatic heterocycles. The van der Waals surface area contributed by atoms with Crippen LogP contribution < -0.4 is 22.9 Å². The van der Waals surface area contributed by atoms with E-state index < -0.39 is 11.9 Å². The molecule has 0 saturated carbocycles. The highest BCUT2D eigenvalue weighted by Crippen LogP contribution is 2.16. The molecule has 5 rings (SSSR count). The Labute approximate surface area is 227 Å². The van der Waals surface area contributed by atoms with Crippen molar-refractivity contribution in [1.29, 1.82) is 0 Å². The first kappa shape index (κ1) is 28.4. The number of nitrogens with two attached hydrogens (primary N) is 4. The van der Waals surface area contributed by atoms with E-state index in [9.17, 15) is 9.59 Å². The summed E-state index contributed by atoms with van der Waals surface area (Å²) in [5.74, 6) is -0.592. The second-order valence-corrected chi connectivity index (χ2v) is 7.67. The van der Waals surface area contributed by atoms with Gasteiger partial charge in [-0.2, -0.15) is 29.9 Å². The van der Waals surface area contributed by atoms with Gasteiger partial charge in [-0.3, -0.25) is 0 Å². The number of benzene rings is 3. The van der Waals surface area contributed by atoms with Crippen molar-refractivity contribution < 1.29 is 19.8 Å². The molecule has 40 heavy (non-hydrogen) atoms. The van der Waals surface area contributed by atoms with E-state index in [4.69, 9.17) is 33.1 Å². The molecule has 0 atom stereocenters. The Morgan fingerprint density at radius 3 is 0.975 bits per heavy atom.